The molecule has 1 atom stereocenters. The van der Waals surface area contributed by atoms with Gasteiger partial charge in [0.1, 0.15) is 0 Å². The van der Waals surface area contributed by atoms with Crippen molar-refractivity contribution in [2.24, 2.45) is 0 Å². The molecule has 0 radical (unpaired) electrons. The fourth-order valence-electron chi connectivity index (χ4n) is 3.76. The van der Waals surface area contributed by atoms with Crippen LogP contribution in [0, 0.1) is 0 Å². The molecule has 0 N–H and O–H groups in total. The first-order chi connectivity index (χ1) is 12.7. The molecule has 6 nitrogen and oxygen atoms in total. The van der Waals surface area contributed by atoms with Gasteiger partial charge in [-0.1, -0.05) is 25.3 Å². The maximum atomic E-state index is 12.8. The molecule has 2 aliphatic rings. The van der Waals surface area contributed by atoms with Crippen molar-refractivity contribution >= 4 is 11.8 Å². The summed E-state index contributed by atoms with van der Waals surface area (Å²) in [7, 11) is 0. The Morgan fingerprint density at radius 1 is 1.08 bits per heavy atom. The molecule has 3 rings (SSSR count). The number of nitrogens with zero attached hydrogens (tertiary/aromatic N) is 3. The molecule has 2 amide bonds. The molecule has 0 spiro atoms. The van der Waals surface area contributed by atoms with E-state index in [1.165, 1.54) is 19.3 Å². The summed E-state index contributed by atoms with van der Waals surface area (Å²) < 4.78 is 5.57. The number of rotatable bonds is 4. The molecule has 1 unspecified atom stereocenters. The zero-order chi connectivity index (χ0) is 18.2. The normalized spacial score (nSPS) is 21.8. The lowest BCUT2D eigenvalue weighted by molar-refractivity contribution is -0.143. The van der Waals surface area contributed by atoms with Gasteiger partial charge in [-0.2, -0.15) is 0 Å². The minimum Gasteiger partial charge on any atom is -0.377 e. The Labute approximate surface area is 155 Å². The fourth-order valence-corrected chi connectivity index (χ4v) is 3.76. The molecule has 0 aromatic carbocycles. The van der Waals surface area contributed by atoms with E-state index in [-0.39, 0.29) is 17.9 Å². The Hall–Kier alpha value is -1.95. The van der Waals surface area contributed by atoms with E-state index >= 15 is 0 Å². The molecule has 3 heterocycles. The number of hydrogen-bond donors (Lipinski definition) is 0. The molecule has 0 saturated carbocycles. The third-order valence-corrected chi connectivity index (χ3v) is 5.25. The van der Waals surface area contributed by atoms with Crippen LogP contribution in [0.3, 0.4) is 0 Å². The van der Waals surface area contributed by atoms with E-state index < -0.39 is 0 Å². The largest absolute Gasteiger partial charge is 0.377 e. The SMILES string of the molecule is O=C(CC1COCCN1C(=O)Cc1cccnc1)N1CCCCCCC1. The average Bonchev–Trinajstić information content (AvgIpc) is 2.62. The van der Waals surface area contributed by atoms with Crippen LogP contribution in [0.4, 0.5) is 0 Å². The molecule has 0 bridgehead atoms. The van der Waals surface area contributed by atoms with Crippen LogP contribution in [0.25, 0.3) is 0 Å². The number of likely N-dealkylation sites (tertiary alicyclic amines) is 1. The summed E-state index contributed by atoms with van der Waals surface area (Å²) in [5.41, 5.74) is 0.901. The highest BCUT2D eigenvalue weighted by molar-refractivity contribution is 5.81. The highest BCUT2D eigenvalue weighted by atomic mass is 16.5. The molecule has 1 aromatic rings. The number of aromatic nitrogens is 1. The number of carbonyl (C=O) groups excluding carboxylic acids is 2. The highest BCUT2D eigenvalue weighted by Gasteiger charge is 2.30. The van der Waals surface area contributed by atoms with Crippen molar-refractivity contribution in [3.8, 4) is 0 Å². The van der Waals surface area contributed by atoms with E-state index in [9.17, 15) is 9.59 Å². The predicted molar refractivity (Wildman–Crippen MR) is 98.5 cm³/mol. The van der Waals surface area contributed by atoms with Gasteiger partial charge in [-0.15, -0.1) is 0 Å². The lowest BCUT2D eigenvalue weighted by Gasteiger charge is -2.36. The summed E-state index contributed by atoms with van der Waals surface area (Å²) in [4.78, 5) is 33.4. The van der Waals surface area contributed by atoms with Crippen molar-refractivity contribution < 1.29 is 14.3 Å². The lowest BCUT2D eigenvalue weighted by atomic mass is 10.1. The molecule has 1 aromatic heterocycles. The number of ether oxygens (including phenoxy) is 1. The van der Waals surface area contributed by atoms with Crippen molar-refractivity contribution in [3.05, 3.63) is 30.1 Å². The van der Waals surface area contributed by atoms with E-state index in [0.717, 1.165) is 31.5 Å². The van der Waals surface area contributed by atoms with Gasteiger partial charge in [0.15, 0.2) is 0 Å². The first-order valence-electron chi connectivity index (χ1n) is 9.78. The van der Waals surface area contributed by atoms with Crippen molar-refractivity contribution in [1.29, 1.82) is 0 Å². The van der Waals surface area contributed by atoms with Gasteiger partial charge in [-0.05, 0) is 24.5 Å². The van der Waals surface area contributed by atoms with Gasteiger partial charge in [-0.25, -0.2) is 0 Å². The smallest absolute Gasteiger partial charge is 0.227 e. The van der Waals surface area contributed by atoms with E-state index in [1.54, 1.807) is 12.4 Å². The second-order valence-corrected chi connectivity index (χ2v) is 7.21. The van der Waals surface area contributed by atoms with Gasteiger partial charge in [0.25, 0.3) is 0 Å². The van der Waals surface area contributed by atoms with Crippen molar-refractivity contribution in [3.63, 3.8) is 0 Å². The fraction of sp³-hybridized carbons (Fsp3) is 0.650. The Morgan fingerprint density at radius 3 is 2.58 bits per heavy atom. The summed E-state index contributed by atoms with van der Waals surface area (Å²) in [5.74, 6) is 0.202. The van der Waals surface area contributed by atoms with Crippen LogP contribution in [0.1, 0.15) is 44.1 Å². The van der Waals surface area contributed by atoms with Crippen LogP contribution in [0.5, 0.6) is 0 Å². The van der Waals surface area contributed by atoms with Gasteiger partial charge >= 0.3 is 0 Å². The Kier molecular flexibility index (Phi) is 7.00. The van der Waals surface area contributed by atoms with Crippen molar-refractivity contribution in [2.45, 2.75) is 51.0 Å². The number of carbonyl (C=O) groups is 2. The summed E-state index contributed by atoms with van der Waals surface area (Å²) in [6.07, 6.45) is 9.94. The summed E-state index contributed by atoms with van der Waals surface area (Å²) >= 11 is 0. The van der Waals surface area contributed by atoms with Gasteiger partial charge in [0.05, 0.1) is 25.7 Å². The molecule has 26 heavy (non-hydrogen) atoms. The number of amides is 2. The first kappa shape index (κ1) is 18.8. The third kappa shape index (κ3) is 5.27. The van der Waals surface area contributed by atoms with Crippen LogP contribution in [-0.4, -0.2) is 65.5 Å². The van der Waals surface area contributed by atoms with Crippen LogP contribution >= 0.6 is 0 Å². The van der Waals surface area contributed by atoms with Crippen molar-refractivity contribution in [1.82, 2.24) is 14.8 Å². The molecular formula is C20H29N3O3. The predicted octanol–water partition coefficient (Wildman–Crippen LogP) is 2.03. The molecule has 6 heteroatoms. The molecule has 2 saturated heterocycles. The Bertz CT molecular complexity index is 585. The zero-order valence-electron chi connectivity index (χ0n) is 15.4. The highest BCUT2D eigenvalue weighted by Crippen LogP contribution is 2.17. The Morgan fingerprint density at radius 2 is 1.85 bits per heavy atom. The second kappa shape index (κ2) is 9.67. The van der Waals surface area contributed by atoms with Crippen molar-refractivity contribution in [2.75, 3.05) is 32.8 Å². The van der Waals surface area contributed by atoms with Gasteiger partial charge < -0.3 is 14.5 Å². The van der Waals surface area contributed by atoms with Crippen LogP contribution in [-0.2, 0) is 20.7 Å². The van der Waals surface area contributed by atoms with E-state index in [1.807, 2.05) is 21.9 Å². The zero-order valence-corrected chi connectivity index (χ0v) is 15.4. The molecule has 142 valence electrons. The van der Waals surface area contributed by atoms with Gasteiger partial charge in [0, 0.05) is 38.4 Å². The number of pyridine rings is 1. The van der Waals surface area contributed by atoms with E-state index in [4.69, 9.17) is 4.74 Å². The van der Waals surface area contributed by atoms with Gasteiger partial charge in [0.2, 0.25) is 11.8 Å². The monoisotopic (exact) mass is 359 g/mol. The topological polar surface area (TPSA) is 62.7 Å². The minimum atomic E-state index is -0.161. The average molecular weight is 359 g/mol. The lowest BCUT2D eigenvalue weighted by Crippen LogP contribution is -2.51. The Balaban J connectivity index is 1.59. The molecule has 2 aliphatic heterocycles. The van der Waals surface area contributed by atoms with Gasteiger partial charge in [-0.3, -0.25) is 14.6 Å². The standard InChI is InChI=1S/C20H29N3O3/c24-19(22-9-4-2-1-3-5-10-22)14-18-16-26-12-11-23(18)20(25)13-17-7-6-8-21-15-17/h6-8,15,18H,1-5,9-14,16H2. The van der Waals surface area contributed by atoms with Crippen LogP contribution in [0.15, 0.2) is 24.5 Å². The summed E-state index contributed by atoms with van der Waals surface area (Å²) in [6, 6.07) is 3.59. The molecule has 0 aliphatic carbocycles. The summed E-state index contributed by atoms with van der Waals surface area (Å²) in [6.45, 7) is 3.22. The maximum Gasteiger partial charge on any atom is 0.227 e. The maximum absolute atomic E-state index is 12.8. The molecular weight excluding hydrogens is 330 g/mol. The quantitative estimate of drug-likeness (QED) is 0.825. The van der Waals surface area contributed by atoms with Crippen LogP contribution in [0.2, 0.25) is 0 Å². The minimum absolute atomic E-state index is 0.0479. The first-order valence-corrected chi connectivity index (χ1v) is 9.78. The van der Waals surface area contributed by atoms with Crippen LogP contribution < -0.4 is 0 Å². The van der Waals surface area contributed by atoms with E-state index in [0.29, 0.717) is 32.6 Å². The molecule has 2 fully saturated rings. The third-order valence-electron chi connectivity index (χ3n) is 5.25. The number of hydrogen-bond acceptors (Lipinski definition) is 4. The second-order valence-electron chi connectivity index (χ2n) is 7.21. The van der Waals surface area contributed by atoms with E-state index in [2.05, 4.69) is 4.98 Å². The number of morpholine rings is 1. The summed E-state index contributed by atoms with van der Waals surface area (Å²) in [5, 5.41) is 0.